The second-order valence-corrected chi connectivity index (χ2v) is 7.11. The molecule has 0 fully saturated rings. The molecule has 0 bridgehead atoms. The minimum atomic E-state index is -0.0329. The zero-order chi connectivity index (χ0) is 19.0. The van der Waals surface area contributed by atoms with Gasteiger partial charge < -0.3 is 15.9 Å². The molecule has 0 unspecified atom stereocenters. The highest BCUT2D eigenvalue weighted by atomic mass is 16.3. The average Bonchev–Trinajstić information content (AvgIpc) is 2.57. The fourth-order valence-corrected chi connectivity index (χ4v) is 3.63. The number of phenols is 2. The van der Waals surface area contributed by atoms with Crippen LogP contribution in [0.5, 0.6) is 11.5 Å². The number of rotatable bonds is 3. The molecular formula is C23H25NO2. The first-order chi connectivity index (χ1) is 12.3. The molecule has 3 nitrogen and oxygen atoms in total. The van der Waals surface area contributed by atoms with E-state index in [0.29, 0.717) is 17.2 Å². The van der Waals surface area contributed by atoms with Crippen LogP contribution in [-0.4, -0.2) is 10.2 Å². The van der Waals surface area contributed by atoms with Crippen LogP contribution in [0.1, 0.15) is 44.9 Å². The van der Waals surface area contributed by atoms with E-state index >= 15 is 0 Å². The summed E-state index contributed by atoms with van der Waals surface area (Å²) in [4.78, 5) is 0. The Labute approximate surface area is 154 Å². The quantitative estimate of drug-likeness (QED) is 0.456. The third-order valence-electron chi connectivity index (χ3n) is 4.94. The summed E-state index contributed by atoms with van der Waals surface area (Å²) in [5.41, 5.74) is 13.4. The van der Waals surface area contributed by atoms with Crippen molar-refractivity contribution in [1.29, 1.82) is 0 Å². The van der Waals surface area contributed by atoms with Crippen molar-refractivity contribution in [2.45, 2.75) is 33.6 Å². The van der Waals surface area contributed by atoms with E-state index in [-0.39, 0.29) is 5.92 Å². The Morgan fingerprint density at radius 1 is 0.654 bits per heavy atom. The SMILES string of the molecule is Cc1cc(C(c2cccc(N)c2)c2cc(C)c(O)c(C)c2)cc(C)c1O. The summed E-state index contributed by atoms with van der Waals surface area (Å²) in [6, 6.07) is 16.0. The maximum absolute atomic E-state index is 10.2. The minimum Gasteiger partial charge on any atom is -0.507 e. The van der Waals surface area contributed by atoms with E-state index in [4.69, 9.17) is 5.73 Å². The van der Waals surface area contributed by atoms with Crippen molar-refractivity contribution in [3.63, 3.8) is 0 Å². The Hall–Kier alpha value is -2.94. The van der Waals surface area contributed by atoms with Gasteiger partial charge in [0.2, 0.25) is 0 Å². The lowest BCUT2D eigenvalue weighted by Gasteiger charge is -2.22. The van der Waals surface area contributed by atoms with Gasteiger partial charge in [0.05, 0.1) is 0 Å². The van der Waals surface area contributed by atoms with Gasteiger partial charge in [-0.1, -0.05) is 36.4 Å². The van der Waals surface area contributed by atoms with Crippen molar-refractivity contribution in [3.05, 3.63) is 87.5 Å². The number of aryl methyl sites for hydroxylation is 4. The summed E-state index contributed by atoms with van der Waals surface area (Å²) in [5, 5.41) is 20.3. The van der Waals surface area contributed by atoms with E-state index < -0.39 is 0 Å². The molecular weight excluding hydrogens is 322 g/mol. The summed E-state index contributed by atoms with van der Waals surface area (Å²) >= 11 is 0. The second-order valence-electron chi connectivity index (χ2n) is 7.11. The van der Waals surface area contributed by atoms with Crippen LogP contribution >= 0.6 is 0 Å². The van der Waals surface area contributed by atoms with Gasteiger partial charge >= 0.3 is 0 Å². The summed E-state index contributed by atoms with van der Waals surface area (Å²) in [5.74, 6) is 0.630. The van der Waals surface area contributed by atoms with Gasteiger partial charge in [-0.05, 0) is 78.8 Å². The fourth-order valence-electron chi connectivity index (χ4n) is 3.63. The molecule has 0 spiro atoms. The van der Waals surface area contributed by atoms with Crippen molar-refractivity contribution < 1.29 is 10.2 Å². The van der Waals surface area contributed by atoms with Crippen LogP contribution in [0, 0.1) is 27.7 Å². The zero-order valence-electron chi connectivity index (χ0n) is 15.7. The summed E-state index contributed by atoms with van der Waals surface area (Å²) in [7, 11) is 0. The zero-order valence-corrected chi connectivity index (χ0v) is 15.7. The van der Waals surface area contributed by atoms with E-state index in [0.717, 1.165) is 38.9 Å². The molecule has 3 heteroatoms. The molecule has 26 heavy (non-hydrogen) atoms. The number of nitrogens with two attached hydrogens (primary N) is 1. The number of aromatic hydroxyl groups is 2. The van der Waals surface area contributed by atoms with Crippen LogP contribution in [0.2, 0.25) is 0 Å². The molecule has 134 valence electrons. The second kappa shape index (κ2) is 6.75. The molecule has 0 saturated heterocycles. The Kier molecular flexibility index (Phi) is 4.64. The van der Waals surface area contributed by atoms with Gasteiger partial charge in [0, 0.05) is 11.6 Å². The number of phenolic OH excluding ortho intramolecular Hbond substituents is 2. The first-order valence-corrected chi connectivity index (χ1v) is 8.73. The molecule has 3 rings (SSSR count). The van der Waals surface area contributed by atoms with Gasteiger partial charge in [0.15, 0.2) is 0 Å². The monoisotopic (exact) mass is 347 g/mol. The van der Waals surface area contributed by atoms with E-state index in [1.54, 1.807) is 0 Å². The largest absolute Gasteiger partial charge is 0.507 e. The van der Waals surface area contributed by atoms with E-state index in [1.165, 1.54) is 0 Å². The number of benzene rings is 3. The van der Waals surface area contributed by atoms with Crippen molar-refractivity contribution >= 4 is 5.69 Å². The Morgan fingerprint density at radius 2 is 1.08 bits per heavy atom. The van der Waals surface area contributed by atoms with Crippen molar-refractivity contribution in [2.75, 3.05) is 5.73 Å². The summed E-state index contributed by atoms with van der Waals surface area (Å²) in [6.45, 7) is 7.65. The molecule has 3 aromatic rings. The first kappa shape index (κ1) is 17.9. The van der Waals surface area contributed by atoms with Crippen molar-refractivity contribution in [1.82, 2.24) is 0 Å². The molecule has 0 aliphatic heterocycles. The normalized spacial score (nSPS) is 11.1. The Morgan fingerprint density at radius 3 is 1.46 bits per heavy atom. The predicted octanol–water partition coefficient (Wildman–Crippen LogP) is 5.09. The average molecular weight is 347 g/mol. The molecule has 0 radical (unpaired) electrons. The number of nitrogen functional groups attached to an aromatic ring is 1. The lowest BCUT2D eigenvalue weighted by Crippen LogP contribution is -2.06. The van der Waals surface area contributed by atoms with E-state index in [1.807, 2.05) is 70.2 Å². The van der Waals surface area contributed by atoms with E-state index in [2.05, 4.69) is 6.07 Å². The molecule has 0 aliphatic rings. The van der Waals surface area contributed by atoms with Crippen LogP contribution in [0.4, 0.5) is 5.69 Å². The highest BCUT2D eigenvalue weighted by Crippen LogP contribution is 2.38. The summed E-state index contributed by atoms with van der Waals surface area (Å²) < 4.78 is 0. The summed E-state index contributed by atoms with van der Waals surface area (Å²) in [6.07, 6.45) is 0. The minimum absolute atomic E-state index is 0.0329. The van der Waals surface area contributed by atoms with Crippen molar-refractivity contribution in [2.24, 2.45) is 0 Å². The molecule has 0 heterocycles. The van der Waals surface area contributed by atoms with Gasteiger partial charge in [-0.15, -0.1) is 0 Å². The molecule has 0 atom stereocenters. The Bertz CT molecular complexity index is 872. The van der Waals surface area contributed by atoms with Gasteiger partial charge in [0.1, 0.15) is 11.5 Å². The maximum Gasteiger partial charge on any atom is 0.121 e. The predicted molar refractivity (Wildman–Crippen MR) is 107 cm³/mol. The van der Waals surface area contributed by atoms with Crippen LogP contribution in [-0.2, 0) is 0 Å². The van der Waals surface area contributed by atoms with Crippen LogP contribution in [0.25, 0.3) is 0 Å². The van der Waals surface area contributed by atoms with E-state index in [9.17, 15) is 10.2 Å². The topological polar surface area (TPSA) is 66.5 Å². The lowest BCUT2D eigenvalue weighted by molar-refractivity contribution is 0.466. The first-order valence-electron chi connectivity index (χ1n) is 8.73. The van der Waals surface area contributed by atoms with Gasteiger partial charge in [-0.3, -0.25) is 0 Å². The molecule has 0 aliphatic carbocycles. The number of hydrogen-bond donors (Lipinski definition) is 3. The number of hydrogen-bond acceptors (Lipinski definition) is 3. The maximum atomic E-state index is 10.2. The van der Waals surface area contributed by atoms with Crippen LogP contribution in [0.3, 0.4) is 0 Å². The molecule has 0 amide bonds. The lowest BCUT2D eigenvalue weighted by atomic mass is 9.82. The number of anilines is 1. The Balaban J connectivity index is 2.27. The third-order valence-corrected chi connectivity index (χ3v) is 4.94. The van der Waals surface area contributed by atoms with Gasteiger partial charge in [0.25, 0.3) is 0 Å². The van der Waals surface area contributed by atoms with Gasteiger partial charge in [-0.2, -0.15) is 0 Å². The molecule has 0 saturated carbocycles. The van der Waals surface area contributed by atoms with Crippen LogP contribution < -0.4 is 5.73 Å². The molecule has 0 aromatic heterocycles. The van der Waals surface area contributed by atoms with Crippen molar-refractivity contribution in [3.8, 4) is 11.5 Å². The highest BCUT2D eigenvalue weighted by molar-refractivity contribution is 5.55. The van der Waals surface area contributed by atoms with Crippen LogP contribution in [0.15, 0.2) is 48.5 Å². The highest BCUT2D eigenvalue weighted by Gasteiger charge is 2.20. The molecule has 3 aromatic carbocycles. The third kappa shape index (κ3) is 3.25. The fraction of sp³-hybridized carbons (Fsp3) is 0.217. The van der Waals surface area contributed by atoms with Gasteiger partial charge in [-0.25, -0.2) is 0 Å². The standard InChI is InChI=1S/C23H25NO2/c1-13-8-18(9-14(2)22(13)25)21(17-6-5-7-20(24)12-17)19-10-15(3)23(26)16(4)11-19/h5-12,21,25-26H,24H2,1-4H3. The molecule has 4 N–H and O–H groups in total. The smallest absolute Gasteiger partial charge is 0.121 e.